The lowest BCUT2D eigenvalue weighted by molar-refractivity contribution is 0.102. The van der Waals surface area contributed by atoms with E-state index in [0.29, 0.717) is 17.5 Å². The van der Waals surface area contributed by atoms with Gasteiger partial charge >= 0.3 is 0 Å². The second kappa shape index (κ2) is 8.30. The minimum Gasteiger partial charge on any atom is -0.495 e. The second-order valence-corrected chi connectivity index (χ2v) is 5.78. The van der Waals surface area contributed by atoms with Crippen molar-refractivity contribution in [2.45, 2.75) is 0 Å². The first-order valence-corrected chi connectivity index (χ1v) is 8.29. The summed E-state index contributed by atoms with van der Waals surface area (Å²) >= 11 is 0. The molecule has 7 heteroatoms. The fraction of sp³-hybridized carbons (Fsp3) is 0.0476. The Morgan fingerprint density at radius 1 is 0.786 bits per heavy atom. The fourth-order valence-electron chi connectivity index (χ4n) is 2.59. The number of halogens is 2. The highest BCUT2D eigenvalue weighted by Gasteiger charge is 2.17. The molecular weight excluding hydrogens is 366 g/mol. The molecule has 142 valence electrons. The number of carbonyl (C=O) groups is 2. The van der Waals surface area contributed by atoms with Crippen LogP contribution < -0.4 is 15.4 Å². The first-order valence-electron chi connectivity index (χ1n) is 8.29. The van der Waals surface area contributed by atoms with E-state index in [1.54, 1.807) is 36.4 Å². The van der Waals surface area contributed by atoms with E-state index in [0.717, 1.165) is 12.1 Å². The predicted octanol–water partition coefficient (Wildman–Crippen LogP) is 4.48. The normalized spacial score (nSPS) is 10.2. The summed E-state index contributed by atoms with van der Waals surface area (Å²) in [5.74, 6) is -2.58. The number of hydrogen-bond donors (Lipinski definition) is 2. The topological polar surface area (TPSA) is 67.4 Å². The second-order valence-electron chi connectivity index (χ2n) is 5.78. The van der Waals surface area contributed by atoms with Crippen LogP contribution in [0.2, 0.25) is 0 Å². The van der Waals surface area contributed by atoms with Crippen molar-refractivity contribution in [3.8, 4) is 5.75 Å². The van der Waals surface area contributed by atoms with Gasteiger partial charge in [-0.2, -0.15) is 0 Å². The maximum atomic E-state index is 13.8. The van der Waals surface area contributed by atoms with Crippen LogP contribution in [0.5, 0.6) is 5.75 Å². The van der Waals surface area contributed by atoms with Crippen molar-refractivity contribution in [2.75, 3.05) is 17.7 Å². The Bertz CT molecular complexity index is 1040. The molecule has 3 aromatic rings. The summed E-state index contributed by atoms with van der Waals surface area (Å²) in [6.07, 6.45) is 0. The van der Waals surface area contributed by atoms with Crippen LogP contribution in [0.4, 0.5) is 20.2 Å². The Balaban J connectivity index is 1.84. The van der Waals surface area contributed by atoms with Gasteiger partial charge in [-0.25, -0.2) is 8.78 Å². The number of nitrogens with one attached hydrogen (secondary N) is 2. The molecule has 0 radical (unpaired) electrons. The molecule has 0 saturated heterocycles. The highest BCUT2D eigenvalue weighted by atomic mass is 19.1. The van der Waals surface area contributed by atoms with E-state index in [9.17, 15) is 18.4 Å². The zero-order chi connectivity index (χ0) is 20.1. The van der Waals surface area contributed by atoms with Crippen molar-refractivity contribution in [1.29, 1.82) is 0 Å². The van der Waals surface area contributed by atoms with Crippen LogP contribution in [0.15, 0.2) is 66.7 Å². The van der Waals surface area contributed by atoms with Gasteiger partial charge in [-0.1, -0.05) is 24.3 Å². The van der Waals surface area contributed by atoms with E-state index in [2.05, 4.69) is 10.6 Å². The van der Waals surface area contributed by atoms with Crippen LogP contribution in [0.3, 0.4) is 0 Å². The third-order valence-electron chi connectivity index (χ3n) is 3.95. The smallest absolute Gasteiger partial charge is 0.258 e. The standard InChI is InChI=1S/C21H16F2N2O3/c1-28-19-9-5-4-8-18(19)25-21(27)15-6-2-3-7-17(15)24-20(26)14-11-10-13(22)12-16(14)23/h2-12H,1H3,(H,24,26)(H,25,27). The molecule has 0 aromatic heterocycles. The van der Waals surface area contributed by atoms with Gasteiger partial charge in [-0.3, -0.25) is 9.59 Å². The van der Waals surface area contributed by atoms with E-state index in [-0.39, 0.29) is 16.8 Å². The highest BCUT2D eigenvalue weighted by molar-refractivity contribution is 6.12. The lowest BCUT2D eigenvalue weighted by atomic mass is 10.1. The average Bonchev–Trinajstić information content (AvgIpc) is 2.68. The Morgan fingerprint density at radius 3 is 2.11 bits per heavy atom. The number of rotatable bonds is 5. The van der Waals surface area contributed by atoms with Crippen LogP contribution in [-0.4, -0.2) is 18.9 Å². The molecule has 28 heavy (non-hydrogen) atoms. The molecule has 0 aliphatic carbocycles. The highest BCUT2D eigenvalue weighted by Crippen LogP contribution is 2.25. The van der Waals surface area contributed by atoms with Gasteiger partial charge in [0.25, 0.3) is 11.8 Å². The molecule has 0 atom stereocenters. The molecule has 0 spiro atoms. The number of anilines is 2. The van der Waals surface area contributed by atoms with Gasteiger partial charge in [0.1, 0.15) is 17.4 Å². The summed E-state index contributed by atoms with van der Waals surface area (Å²) in [6.45, 7) is 0. The van der Waals surface area contributed by atoms with Crippen molar-refractivity contribution < 1.29 is 23.1 Å². The lowest BCUT2D eigenvalue weighted by Crippen LogP contribution is -2.19. The third-order valence-corrected chi connectivity index (χ3v) is 3.95. The largest absolute Gasteiger partial charge is 0.495 e. The molecule has 0 heterocycles. The molecule has 3 aromatic carbocycles. The summed E-state index contributed by atoms with van der Waals surface area (Å²) in [7, 11) is 1.48. The maximum absolute atomic E-state index is 13.8. The molecule has 0 aliphatic heterocycles. The lowest BCUT2D eigenvalue weighted by Gasteiger charge is -2.13. The molecule has 3 rings (SSSR count). The van der Waals surface area contributed by atoms with E-state index < -0.39 is 23.4 Å². The third kappa shape index (κ3) is 4.15. The summed E-state index contributed by atoms with van der Waals surface area (Å²) in [6, 6.07) is 15.8. The Labute approximate surface area is 160 Å². The zero-order valence-electron chi connectivity index (χ0n) is 14.8. The minimum absolute atomic E-state index is 0.171. The van der Waals surface area contributed by atoms with Crippen LogP contribution in [0.1, 0.15) is 20.7 Å². The summed E-state index contributed by atoms with van der Waals surface area (Å²) in [5, 5.41) is 5.20. The molecule has 2 N–H and O–H groups in total. The molecule has 0 aliphatic rings. The van der Waals surface area contributed by atoms with Crippen LogP contribution in [-0.2, 0) is 0 Å². The van der Waals surface area contributed by atoms with Gasteiger partial charge < -0.3 is 15.4 Å². The Kier molecular flexibility index (Phi) is 5.64. The van der Waals surface area contributed by atoms with E-state index in [1.807, 2.05) is 0 Å². The SMILES string of the molecule is COc1ccccc1NC(=O)c1ccccc1NC(=O)c1ccc(F)cc1F. The van der Waals surface area contributed by atoms with Gasteiger partial charge in [0.15, 0.2) is 0 Å². The first-order chi connectivity index (χ1) is 13.5. The number of carbonyl (C=O) groups excluding carboxylic acids is 2. The van der Waals surface area contributed by atoms with Gasteiger partial charge in [-0.15, -0.1) is 0 Å². The van der Waals surface area contributed by atoms with Crippen molar-refractivity contribution >= 4 is 23.2 Å². The van der Waals surface area contributed by atoms with Crippen molar-refractivity contribution in [3.63, 3.8) is 0 Å². The monoisotopic (exact) mass is 382 g/mol. The number of para-hydroxylation sites is 3. The summed E-state index contributed by atoms with van der Waals surface area (Å²) in [5.41, 5.74) is 0.481. The van der Waals surface area contributed by atoms with Gasteiger partial charge in [-0.05, 0) is 36.4 Å². The first kappa shape index (κ1) is 19.0. The van der Waals surface area contributed by atoms with Crippen molar-refractivity contribution in [2.24, 2.45) is 0 Å². The van der Waals surface area contributed by atoms with Crippen molar-refractivity contribution in [3.05, 3.63) is 89.5 Å². The van der Waals surface area contributed by atoms with Crippen LogP contribution in [0, 0.1) is 11.6 Å². The minimum atomic E-state index is -0.992. The number of benzene rings is 3. The average molecular weight is 382 g/mol. The summed E-state index contributed by atoms with van der Waals surface area (Å²) < 4.78 is 32.1. The Hall–Kier alpha value is -3.74. The number of amides is 2. The number of methoxy groups -OCH3 is 1. The molecule has 0 unspecified atom stereocenters. The van der Waals surface area contributed by atoms with Gasteiger partial charge in [0.05, 0.1) is 29.6 Å². The molecular formula is C21H16F2N2O3. The van der Waals surface area contributed by atoms with E-state index >= 15 is 0 Å². The summed E-state index contributed by atoms with van der Waals surface area (Å²) in [4.78, 5) is 25.0. The molecule has 5 nitrogen and oxygen atoms in total. The van der Waals surface area contributed by atoms with Crippen LogP contribution in [0.25, 0.3) is 0 Å². The van der Waals surface area contributed by atoms with Crippen LogP contribution >= 0.6 is 0 Å². The van der Waals surface area contributed by atoms with Gasteiger partial charge in [0, 0.05) is 6.07 Å². The van der Waals surface area contributed by atoms with E-state index in [1.165, 1.54) is 19.2 Å². The van der Waals surface area contributed by atoms with E-state index in [4.69, 9.17) is 4.74 Å². The van der Waals surface area contributed by atoms with Crippen molar-refractivity contribution in [1.82, 2.24) is 0 Å². The quantitative estimate of drug-likeness (QED) is 0.684. The fourth-order valence-corrected chi connectivity index (χ4v) is 2.59. The molecule has 0 saturated carbocycles. The molecule has 0 bridgehead atoms. The zero-order valence-corrected chi connectivity index (χ0v) is 14.8. The number of ether oxygens (including phenoxy) is 1. The molecule has 2 amide bonds. The Morgan fingerprint density at radius 2 is 1.39 bits per heavy atom. The van der Waals surface area contributed by atoms with Gasteiger partial charge in [0.2, 0.25) is 0 Å². The predicted molar refractivity (Wildman–Crippen MR) is 102 cm³/mol. The molecule has 0 fully saturated rings. The number of hydrogen-bond acceptors (Lipinski definition) is 3. The maximum Gasteiger partial charge on any atom is 0.258 e.